The molecule has 0 heterocycles. The highest BCUT2D eigenvalue weighted by Crippen LogP contribution is 2.62. The summed E-state index contributed by atoms with van der Waals surface area (Å²) in [5.74, 6) is 0. The van der Waals surface area contributed by atoms with E-state index in [9.17, 15) is 0 Å². The van der Waals surface area contributed by atoms with Gasteiger partial charge in [-0.3, -0.25) is 0 Å². The van der Waals surface area contributed by atoms with Gasteiger partial charge in [0, 0.05) is 21.7 Å². The highest BCUT2D eigenvalue weighted by atomic mass is 14.5. The molecule has 0 amide bonds. The van der Waals surface area contributed by atoms with E-state index in [2.05, 4.69) is 310 Å². The standard InChI is InChI=1S/C85H66/c1-81(2)67-35-15-11-27-63(67)77-57(31-21-41-73(77)81)51-45-52(58-32-22-42-74-78(58)64-28-12-16-36-68(64)82(74,3)4)48-55(47-51)85(71-39-19-9-25-61(71)62-26-10-20-40-72(62)85)56-49-53(59-33-23-43-75-79(59)65-29-13-17-37-69(65)83(75,5)6)46-54(50-56)60-34-24-44-76-80(60)66-30-14-18-38-70(66)84(76,7)8/h9-50H,1-8H3. The molecule has 0 nitrogen and oxygen atoms in total. The summed E-state index contributed by atoms with van der Waals surface area (Å²) in [7, 11) is 0. The first kappa shape index (κ1) is 50.2. The molecular formula is C85H66. The van der Waals surface area contributed by atoms with E-state index in [0.29, 0.717) is 0 Å². The Balaban J connectivity index is 1.03. The summed E-state index contributed by atoms with van der Waals surface area (Å²) in [6, 6.07) is 99.2. The SMILES string of the molecule is CC1(C)c2ccccc2-c2c(-c3cc(-c4cccc5c4-c4ccccc4C5(C)C)cc(C4(c5cc(-c6cccc7c6-c6ccccc6C7(C)C)cc(-c6cccc7c6-c6ccccc6C7(C)C)c5)c5ccccc5-c5ccccc54)c3)cccc21. The third-order valence-corrected chi connectivity index (χ3v) is 21.4. The zero-order valence-electron chi connectivity index (χ0n) is 49.7. The van der Waals surface area contributed by atoms with Crippen molar-refractivity contribution >= 4 is 0 Å². The lowest BCUT2D eigenvalue weighted by atomic mass is 9.65. The summed E-state index contributed by atoms with van der Waals surface area (Å²) in [4.78, 5) is 0. The average Bonchev–Trinajstić information content (AvgIpc) is 1.74. The molecule has 0 unspecified atom stereocenters. The fourth-order valence-corrected chi connectivity index (χ4v) is 17.3. The summed E-state index contributed by atoms with van der Waals surface area (Å²) in [5, 5.41) is 0. The normalized spacial score (nSPS) is 16.2. The Hall–Kier alpha value is -9.36. The van der Waals surface area contributed by atoms with Gasteiger partial charge in [0.2, 0.25) is 0 Å². The van der Waals surface area contributed by atoms with E-state index in [-0.39, 0.29) is 21.7 Å². The minimum Gasteiger partial charge on any atom is -0.0619 e. The van der Waals surface area contributed by atoms with Gasteiger partial charge in [-0.25, -0.2) is 0 Å². The minimum atomic E-state index is -0.794. The van der Waals surface area contributed by atoms with Gasteiger partial charge in [-0.15, -0.1) is 0 Å². The maximum absolute atomic E-state index is 2.61. The van der Waals surface area contributed by atoms with Crippen molar-refractivity contribution < 1.29 is 0 Å². The van der Waals surface area contributed by atoms with Crippen LogP contribution in [0.5, 0.6) is 0 Å². The Morgan fingerprint density at radius 2 is 0.376 bits per heavy atom. The molecule has 0 fully saturated rings. The molecule has 0 saturated carbocycles. The smallest absolute Gasteiger partial charge is 0.0619 e. The van der Waals surface area contributed by atoms with Crippen molar-refractivity contribution in [3.63, 3.8) is 0 Å². The van der Waals surface area contributed by atoms with Gasteiger partial charge < -0.3 is 0 Å². The van der Waals surface area contributed by atoms with Crippen LogP contribution in [0, 0.1) is 0 Å². The predicted molar refractivity (Wildman–Crippen MR) is 356 cm³/mol. The lowest BCUT2D eigenvalue weighted by molar-refractivity contribution is 0.660. The van der Waals surface area contributed by atoms with Crippen LogP contribution in [0.2, 0.25) is 0 Å². The van der Waals surface area contributed by atoms with Crippen molar-refractivity contribution in [2.75, 3.05) is 0 Å². The molecule has 5 aliphatic rings. The zero-order valence-corrected chi connectivity index (χ0v) is 49.7. The topological polar surface area (TPSA) is 0 Å². The minimum absolute atomic E-state index is 0.167. The van der Waals surface area contributed by atoms with Gasteiger partial charge in [0.05, 0.1) is 5.41 Å². The maximum atomic E-state index is 2.61. The second kappa shape index (κ2) is 17.4. The molecule has 17 rings (SSSR count). The van der Waals surface area contributed by atoms with Crippen LogP contribution in [0.15, 0.2) is 255 Å². The Bertz CT molecular complexity index is 4330. The fourth-order valence-electron chi connectivity index (χ4n) is 17.3. The van der Waals surface area contributed by atoms with Crippen LogP contribution in [-0.4, -0.2) is 0 Å². The van der Waals surface area contributed by atoms with Gasteiger partial charge in [-0.05, 0) is 203 Å². The van der Waals surface area contributed by atoms with Crippen molar-refractivity contribution in [2.24, 2.45) is 0 Å². The van der Waals surface area contributed by atoms with E-state index in [1.165, 1.54) is 167 Å². The van der Waals surface area contributed by atoms with Gasteiger partial charge in [0.25, 0.3) is 0 Å². The van der Waals surface area contributed by atoms with E-state index in [1.807, 2.05) is 0 Å². The van der Waals surface area contributed by atoms with E-state index in [4.69, 9.17) is 0 Å². The highest BCUT2D eigenvalue weighted by Gasteiger charge is 2.48. The zero-order chi connectivity index (χ0) is 57.5. The van der Waals surface area contributed by atoms with Gasteiger partial charge >= 0.3 is 0 Å². The van der Waals surface area contributed by atoms with Crippen LogP contribution < -0.4 is 0 Å². The van der Waals surface area contributed by atoms with Crippen LogP contribution in [-0.2, 0) is 27.1 Å². The Labute approximate surface area is 501 Å². The Kier molecular flexibility index (Phi) is 10.3. The quantitative estimate of drug-likeness (QED) is 0.156. The molecule has 0 aromatic heterocycles. The van der Waals surface area contributed by atoms with Crippen molar-refractivity contribution in [3.8, 4) is 100 Å². The fraction of sp³-hybridized carbons (Fsp3) is 0.153. The lowest BCUT2D eigenvalue weighted by Gasteiger charge is -2.36. The number of hydrogen-bond acceptors (Lipinski definition) is 0. The van der Waals surface area contributed by atoms with Crippen molar-refractivity contribution in [3.05, 3.63) is 322 Å². The molecule has 0 heteroatoms. The Morgan fingerprint density at radius 3 is 0.635 bits per heavy atom. The van der Waals surface area contributed by atoms with Crippen LogP contribution in [0.25, 0.3) is 100 Å². The molecular weight excluding hydrogens is 1020 g/mol. The molecule has 12 aromatic rings. The number of hydrogen-bond donors (Lipinski definition) is 0. The summed E-state index contributed by atoms with van der Waals surface area (Å²) in [6.07, 6.45) is 0. The summed E-state index contributed by atoms with van der Waals surface area (Å²) < 4.78 is 0. The first-order valence-corrected chi connectivity index (χ1v) is 30.7. The van der Waals surface area contributed by atoms with E-state index in [0.717, 1.165) is 0 Å². The lowest BCUT2D eigenvalue weighted by Crippen LogP contribution is -2.29. The summed E-state index contributed by atoms with van der Waals surface area (Å²) in [5.41, 5.74) is 37.8. The third kappa shape index (κ3) is 6.58. The van der Waals surface area contributed by atoms with Crippen molar-refractivity contribution in [1.82, 2.24) is 0 Å². The van der Waals surface area contributed by atoms with Crippen LogP contribution >= 0.6 is 0 Å². The molecule has 0 radical (unpaired) electrons. The van der Waals surface area contributed by atoms with E-state index in [1.54, 1.807) is 0 Å². The average molecular weight is 1090 g/mol. The van der Waals surface area contributed by atoms with E-state index < -0.39 is 5.41 Å². The van der Waals surface area contributed by atoms with Crippen molar-refractivity contribution in [2.45, 2.75) is 82.5 Å². The summed E-state index contributed by atoms with van der Waals surface area (Å²) >= 11 is 0. The van der Waals surface area contributed by atoms with E-state index >= 15 is 0 Å². The molecule has 5 aliphatic carbocycles. The van der Waals surface area contributed by atoms with Crippen LogP contribution in [0.1, 0.15) is 122 Å². The van der Waals surface area contributed by atoms with Gasteiger partial charge in [-0.1, -0.05) is 274 Å². The molecule has 0 saturated heterocycles. The Morgan fingerprint density at radius 1 is 0.176 bits per heavy atom. The first-order valence-electron chi connectivity index (χ1n) is 30.7. The monoisotopic (exact) mass is 1090 g/mol. The van der Waals surface area contributed by atoms with Gasteiger partial charge in [0.15, 0.2) is 0 Å². The van der Waals surface area contributed by atoms with Crippen LogP contribution in [0.3, 0.4) is 0 Å². The predicted octanol–water partition coefficient (Wildman–Crippen LogP) is 21.9. The second-order valence-electron chi connectivity index (χ2n) is 27.0. The molecule has 0 spiro atoms. The first-order chi connectivity index (χ1) is 41.2. The molecule has 12 aromatic carbocycles. The van der Waals surface area contributed by atoms with Gasteiger partial charge in [-0.2, -0.15) is 0 Å². The molecule has 406 valence electrons. The largest absolute Gasteiger partial charge is 0.0714 e. The molecule has 0 bridgehead atoms. The molecule has 0 aliphatic heterocycles. The number of fused-ring (bicyclic) bond motifs is 15. The third-order valence-electron chi connectivity index (χ3n) is 21.4. The summed E-state index contributed by atoms with van der Waals surface area (Å²) in [6.45, 7) is 19.3. The molecule has 0 N–H and O–H groups in total. The maximum Gasteiger partial charge on any atom is 0.0714 e. The van der Waals surface area contributed by atoms with Gasteiger partial charge in [0.1, 0.15) is 0 Å². The van der Waals surface area contributed by atoms with Crippen LogP contribution in [0.4, 0.5) is 0 Å². The molecule has 85 heavy (non-hydrogen) atoms. The molecule has 0 atom stereocenters. The second-order valence-corrected chi connectivity index (χ2v) is 27.0. The van der Waals surface area contributed by atoms with Crippen molar-refractivity contribution in [1.29, 1.82) is 0 Å². The number of rotatable bonds is 6. The highest BCUT2D eigenvalue weighted by molar-refractivity contribution is 6.01. The number of benzene rings is 12.